The lowest BCUT2D eigenvalue weighted by Gasteiger charge is -2.15. The van der Waals surface area contributed by atoms with Crippen LogP contribution in [0.4, 0.5) is 0 Å². The van der Waals surface area contributed by atoms with Crippen LogP contribution in [0.25, 0.3) is 0 Å². The maximum atomic E-state index is 10.7. The molecule has 1 heterocycles. The van der Waals surface area contributed by atoms with Gasteiger partial charge in [-0.2, -0.15) is 0 Å². The number of nitrogens with one attached hydrogen (secondary N) is 1. The molecule has 2 fully saturated rings. The Hall–Kier alpha value is -0.570. The van der Waals surface area contributed by atoms with Crippen molar-refractivity contribution in [2.45, 2.75) is 25.8 Å². The SMILES string of the molecule is CC(=O)NC1COCC12CC2. The Kier molecular flexibility index (Phi) is 1.42. The molecule has 3 heteroatoms. The molecule has 62 valence electrons. The summed E-state index contributed by atoms with van der Waals surface area (Å²) in [6.07, 6.45) is 2.44. The molecular formula is C8H13NO2. The van der Waals surface area contributed by atoms with Crippen molar-refractivity contribution in [1.29, 1.82) is 0 Å². The fraction of sp³-hybridized carbons (Fsp3) is 0.875. The maximum absolute atomic E-state index is 10.7. The van der Waals surface area contributed by atoms with E-state index in [0.717, 1.165) is 6.61 Å². The van der Waals surface area contributed by atoms with Gasteiger partial charge in [-0.3, -0.25) is 4.79 Å². The molecule has 2 aliphatic rings. The van der Waals surface area contributed by atoms with Crippen molar-refractivity contribution in [2.24, 2.45) is 5.41 Å². The first-order valence-electron chi connectivity index (χ1n) is 4.08. The van der Waals surface area contributed by atoms with Crippen LogP contribution in [0.2, 0.25) is 0 Å². The van der Waals surface area contributed by atoms with Crippen LogP contribution < -0.4 is 5.32 Å². The van der Waals surface area contributed by atoms with E-state index in [-0.39, 0.29) is 5.91 Å². The van der Waals surface area contributed by atoms with E-state index in [1.54, 1.807) is 6.92 Å². The first kappa shape index (κ1) is 7.10. The zero-order valence-corrected chi connectivity index (χ0v) is 6.72. The maximum Gasteiger partial charge on any atom is 0.217 e. The summed E-state index contributed by atoms with van der Waals surface area (Å²) < 4.78 is 5.32. The van der Waals surface area contributed by atoms with Gasteiger partial charge < -0.3 is 10.1 Å². The fourth-order valence-corrected chi connectivity index (χ4v) is 1.75. The Labute approximate surface area is 66.1 Å². The van der Waals surface area contributed by atoms with Crippen LogP contribution in [-0.4, -0.2) is 25.2 Å². The molecule has 1 atom stereocenters. The Bertz CT molecular complexity index is 187. The second kappa shape index (κ2) is 2.21. The van der Waals surface area contributed by atoms with E-state index in [0.29, 0.717) is 18.1 Å². The van der Waals surface area contributed by atoms with E-state index < -0.39 is 0 Å². The van der Waals surface area contributed by atoms with Gasteiger partial charge in [0.25, 0.3) is 0 Å². The van der Waals surface area contributed by atoms with Crippen LogP contribution in [0.15, 0.2) is 0 Å². The molecule has 1 aliphatic carbocycles. The smallest absolute Gasteiger partial charge is 0.217 e. The van der Waals surface area contributed by atoms with Crippen LogP contribution in [0.1, 0.15) is 19.8 Å². The fourth-order valence-electron chi connectivity index (χ4n) is 1.75. The molecule has 0 aromatic rings. The highest BCUT2D eigenvalue weighted by molar-refractivity contribution is 5.73. The van der Waals surface area contributed by atoms with Gasteiger partial charge in [-0.05, 0) is 12.8 Å². The number of carbonyl (C=O) groups is 1. The van der Waals surface area contributed by atoms with Crippen molar-refractivity contribution in [1.82, 2.24) is 5.32 Å². The number of hydrogen-bond acceptors (Lipinski definition) is 2. The summed E-state index contributed by atoms with van der Waals surface area (Å²) in [5.41, 5.74) is 0.339. The van der Waals surface area contributed by atoms with E-state index in [1.165, 1.54) is 12.8 Å². The van der Waals surface area contributed by atoms with E-state index >= 15 is 0 Å². The second-order valence-electron chi connectivity index (χ2n) is 3.63. The predicted octanol–water partition coefficient (Wildman–Crippen LogP) is 0.301. The van der Waals surface area contributed by atoms with Gasteiger partial charge in [0.1, 0.15) is 0 Å². The minimum Gasteiger partial charge on any atom is -0.379 e. The highest BCUT2D eigenvalue weighted by Gasteiger charge is 2.53. The molecule has 0 aromatic heterocycles. The molecule has 0 bridgehead atoms. The summed E-state index contributed by atoms with van der Waals surface area (Å²) in [6.45, 7) is 3.12. The topological polar surface area (TPSA) is 38.3 Å². The third-order valence-corrected chi connectivity index (χ3v) is 2.68. The van der Waals surface area contributed by atoms with E-state index in [9.17, 15) is 4.79 Å². The molecule has 2 rings (SSSR count). The number of rotatable bonds is 1. The van der Waals surface area contributed by atoms with E-state index in [1.807, 2.05) is 0 Å². The van der Waals surface area contributed by atoms with Crippen LogP contribution in [0, 0.1) is 5.41 Å². The summed E-state index contributed by atoms with van der Waals surface area (Å²) in [5, 5.41) is 2.93. The Balaban J connectivity index is 1.97. The molecule has 1 saturated carbocycles. The molecule has 0 aromatic carbocycles. The average Bonchev–Trinajstić information content (AvgIpc) is 2.56. The van der Waals surface area contributed by atoms with Crippen LogP contribution in [0.5, 0.6) is 0 Å². The Morgan fingerprint density at radius 1 is 1.64 bits per heavy atom. The van der Waals surface area contributed by atoms with Gasteiger partial charge in [0.05, 0.1) is 19.3 Å². The van der Waals surface area contributed by atoms with Crippen molar-refractivity contribution < 1.29 is 9.53 Å². The minimum absolute atomic E-state index is 0.0618. The molecule has 1 aliphatic heterocycles. The van der Waals surface area contributed by atoms with Crippen LogP contribution in [0.3, 0.4) is 0 Å². The molecular weight excluding hydrogens is 142 g/mol. The highest BCUT2D eigenvalue weighted by atomic mass is 16.5. The molecule has 1 amide bonds. The number of amides is 1. The van der Waals surface area contributed by atoms with E-state index in [4.69, 9.17) is 4.74 Å². The quantitative estimate of drug-likeness (QED) is 0.591. The van der Waals surface area contributed by atoms with Crippen LogP contribution >= 0.6 is 0 Å². The van der Waals surface area contributed by atoms with Gasteiger partial charge in [0.15, 0.2) is 0 Å². The van der Waals surface area contributed by atoms with Crippen LogP contribution in [-0.2, 0) is 9.53 Å². The standard InChI is InChI=1S/C8H13NO2/c1-6(10)9-7-4-11-5-8(7)2-3-8/h7H,2-5H2,1H3,(H,9,10). The highest BCUT2D eigenvalue weighted by Crippen LogP contribution is 2.51. The van der Waals surface area contributed by atoms with Gasteiger partial charge in [-0.1, -0.05) is 0 Å². The first-order valence-corrected chi connectivity index (χ1v) is 4.08. The van der Waals surface area contributed by atoms with Gasteiger partial charge in [0, 0.05) is 12.3 Å². The van der Waals surface area contributed by atoms with Gasteiger partial charge in [0.2, 0.25) is 5.91 Å². The zero-order chi connectivity index (χ0) is 7.90. The van der Waals surface area contributed by atoms with Crippen molar-refractivity contribution >= 4 is 5.91 Å². The Morgan fingerprint density at radius 3 is 2.91 bits per heavy atom. The summed E-state index contributed by atoms with van der Waals surface area (Å²) in [7, 11) is 0. The number of hydrogen-bond donors (Lipinski definition) is 1. The molecule has 0 radical (unpaired) electrons. The molecule has 11 heavy (non-hydrogen) atoms. The summed E-state index contributed by atoms with van der Waals surface area (Å²) in [6, 6.07) is 0.292. The molecule has 1 unspecified atom stereocenters. The van der Waals surface area contributed by atoms with Crippen molar-refractivity contribution in [3.8, 4) is 0 Å². The normalized spacial score (nSPS) is 32.3. The summed E-state index contributed by atoms with van der Waals surface area (Å²) in [5.74, 6) is 0.0618. The van der Waals surface area contributed by atoms with Crippen molar-refractivity contribution in [3.63, 3.8) is 0 Å². The lowest BCUT2D eigenvalue weighted by molar-refractivity contribution is -0.119. The average molecular weight is 155 g/mol. The summed E-state index contributed by atoms with van der Waals surface area (Å²) in [4.78, 5) is 10.7. The Morgan fingerprint density at radius 2 is 2.36 bits per heavy atom. The number of carbonyl (C=O) groups excluding carboxylic acids is 1. The monoisotopic (exact) mass is 155 g/mol. The van der Waals surface area contributed by atoms with Crippen molar-refractivity contribution in [3.05, 3.63) is 0 Å². The van der Waals surface area contributed by atoms with Gasteiger partial charge >= 0.3 is 0 Å². The third kappa shape index (κ3) is 1.13. The predicted molar refractivity (Wildman–Crippen MR) is 40.1 cm³/mol. The molecule has 1 spiro atoms. The lowest BCUT2D eigenvalue weighted by atomic mass is 10.0. The lowest BCUT2D eigenvalue weighted by Crippen LogP contribution is -2.39. The largest absolute Gasteiger partial charge is 0.379 e. The first-order chi connectivity index (χ1) is 5.23. The third-order valence-electron chi connectivity index (χ3n) is 2.68. The van der Waals surface area contributed by atoms with Gasteiger partial charge in [-0.25, -0.2) is 0 Å². The van der Waals surface area contributed by atoms with E-state index in [2.05, 4.69) is 5.32 Å². The zero-order valence-electron chi connectivity index (χ0n) is 6.72. The molecule has 1 N–H and O–H groups in total. The molecule has 1 saturated heterocycles. The van der Waals surface area contributed by atoms with Crippen molar-refractivity contribution in [2.75, 3.05) is 13.2 Å². The van der Waals surface area contributed by atoms with Gasteiger partial charge in [-0.15, -0.1) is 0 Å². The molecule has 3 nitrogen and oxygen atoms in total. The minimum atomic E-state index is 0.0618. The summed E-state index contributed by atoms with van der Waals surface area (Å²) >= 11 is 0. The second-order valence-corrected chi connectivity index (χ2v) is 3.63. The number of ether oxygens (including phenoxy) is 1.